The molecule has 2 nitrogen and oxygen atoms in total. The van der Waals surface area contributed by atoms with Crippen LogP contribution in [0.3, 0.4) is 0 Å². The highest BCUT2D eigenvalue weighted by atomic mass is 16.3. The standard InChI is InChI=1S/C46H28O2/c1-3-15-31(16-4-1)41-43-35-25-28-40-44(36(35)26-27-39(43)47-45(41)37-23-11-19-29-13-7-9-21-33(29)37)42(32-17-5-2-6-18-32)46(48-40)38-24-12-20-30-14-8-10-22-34(30)38/h1-28H. The Bertz CT molecular complexity index is 2610. The summed E-state index contributed by atoms with van der Waals surface area (Å²) >= 11 is 0. The smallest absolute Gasteiger partial charge is 0.143 e. The average molecular weight is 613 g/mol. The van der Waals surface area contributed by atoms with Gasteiger partial charge in [-0.05, 0) is 67.7 Å². The van der Waals surface area contributed by atoms with Crippen molar-refractivity contribution >= 4 is 54.3 Å². The lowest BCUT2D eigenvalue weighted by Crippen LogP contribution is -1.85. The summed E-state index contributed by atoms with van der Waals surface area (Å²) < 4.78 is 13.8. The topological polar surface area (TPSA) is 26.3 Å². The summed E-state index contributed by atoms with van der Waals surface area (Å²) in [5, 5.41) is 9.20. The Labute approximate surface area is 277 Å². The van der Waals surface area contributed by atoms with Crippen LogP contribution >= 0.6 is 0 Å². The first kappa shape index (κ1) is 26.8. The summed E-state index contributed by atoms with van der Waals surface area (Å²) in [5.74, 6) is 1.76. The molecule has 8 aromatic carbocycles. The molecule has 2 heterocycles. The van der Waals surface area contributed by atoms with Crippen molar-refractivity contribution in [1.82, 2.24) is 0 Å². The molecule has 10 rings (SSSR count). The first-order valence-electron chi connectivity index (χ1n) is 16.4. The maximum atomic E-state index is 6.88. The molecule has 0 amide bonds. The highest BCUT2D eigenvalue weighted by Crippen LogP contribution is 2.50. The quantitative estimate of drug-likeness (QED) is 0.198. The van der Waals surface area contributed by atoms with E-state index in [-0.39, 0.29) is 0 Å². The van der Waals surface area contributed by atoms with E-state index in [0.717, 1.165) is 77.6 Å². The van der Waals surface area contributed by atoms with E-state index >= 15 is 0 Å². The lowest BCUT2D eigenvalue weighted by atomic mass is 9.91. The van der Waals surface area contributed by atoms with Gasteiger partial charge in [0.1, 0.15) is 22.7 Å². The van der Waals surface area contributed by atoms with Crippen molar-refractivity contribution in [2.24, 2.45) is 0 Å². The first-order valence-corrected chi connectivity index (χ1v) is 16.4. The average Bonchev–Trinajstić information content (AvgIpc) is 3.75. The second-order valence-corrected chi connectivity index (χ2v) is 12.4. The Balaban J connectivity index is 1.34. The van der Waals surface area contributed by atoms with Gasteiger partial charge in [0, 0.05) is 33.0 Å². The largest absolute Gasteiger partial charge is 0.455 e. The van der Waals surface area contributed by atoms with Gasteiger partial charge in [-0.2, -0.15) is 0 Å². The number of fused-ring (bicyclic) bond motifs is 7. The summed E-state index contributed by atoms with van der Waals surface area (Å²) in [4.78, 5) is 0. The van der Waals surface area contributed by atoms with E-state index in [2.05, 4.69) is 170 Å². The number of hydrogen-bond donors (Lipinski definition) is 0. The van der Waals surface area contributed by atoms with Gasteiger partial charge in [0.2, 0.25) is 0 Å². The fourth-order valence-electron chi connectivity index (χ4n) is 7.59. The Kier molecular flexibility index (Phi) is 5.91. The summed E-state index contributed by atoms with van der Waals surface area (Å²) in [6.07, 6.45) is 0. The Morgan fingerprint density at radius 2 is 0.688 bits per heavy atom. The van der Waals surface area contributed by atoms with Crippen LogP contribution < -0.4 is 0 Å². The molecule has 0 N–H and O–H groups in total. The van der Waals surface area contributed by atoms with Crippen LogP contribution in [-0.4, -0.2) is 0 Å². The van der Waals surface area contributed by atoms with E-state index < -0.39 is 0 Å². The molecule has 0 aliphatic heterocycles. The highest BCUT2D eigenvalue weighted by Gasteiger charge is 2.25. The van der Waals surface area contributed by atoms with Crippen molar-refractivity contribution in [3.63, 3.8) is 0 Å². The van der Waals surface area contributed by atoms with E-state index in [1.165, 1.54) is 21.5 Å². The van der Waals surface area contributed by atoms with Gasteiger partial charge in [-0.1, -0.05) is 146 Å². The fraction of sp³-hybridized carbons (Fsp3) is 0. The van der Waals surface area contributed by atoms with Gasteiger partial charge >= 0.3 is 0 Å². The predicted molar refractivity (Wildman–Crippen MR) is 200 cm³/mol. The molecule has 2 aromatic heterocycles. The molecule has 0 bridgehead atoms. The molecule has 0 saturated heterocycles. The minimum Gasteiger partial charge on any atom is -0.455 e. The molecule has 10 aromatic rings. The van der Waals surface area contributed by atoms with Crippen LogP contribution in [0.15, 0.2) is 179 Å². The van der Waals surface area contributed by atoms with E-state index in [9.17, 15) is 0 Å². The maximum Gasteiger partial charge on any atom is 0.143 e. The van der Waals surface area contributed by atoms with Crippen LogP contribution in [0.25, 0.3) is 99.2 Å². The van der Waals surface area contributed by atoms with Crippen LogP contribution in [-0.2, 0) is 0 Å². The van der Waals surface area contributed by atoms with E-state index in [4.69, 9.17) is 8.83 Å². The zero-order valence-corrected chi connectivity index (χ0v) is 26.0. The normalized spacial score (nSPS) is 11.8. The molecule has 224 valence electrons. The minimum absolute atomic E-state index is 0.864. The first-order chi connectivity index (χ1) is 23.8. The van der Waals surface area contributed by atoms with Crippen molar-refractivity contribution < 1.29 is 8.83 Å². The van der Waals surface area contributed by atoms with Crippen LogP contribution in [0.2, 0.25) is 0 Å². The molecule has 0 radical (unpaired) electrons. The van der Waals surface area contributed by atoms with Gasteiger partial charge in [0.05, 0.1) is 0 Å². The summed E-state index contributed by atoms with van der Waals surface area (Å²) in [5.41, 5.74) is 8.35. The molecule has 0 unspecified atom stereocenters. The van der Waals surface area contributed by atoms with Crippen LogP contribution in [0.1, 0.15) is 0 Å². The van der Waals surface area contributed by atoms with E-state index in [1.54, 1.807) is 0 Å². The number of hydrogen-bond acceptors (Lipinski definition) is 2. The van der Waals surface area contributed by atoms with E-state index in [1.807, 2.05) is 0 Å². The molecule has 48 heavy (non-hydrogen) atoms. The molecule has 0 atom stereocenters. The second kappa shape index (κ2) is 10.6. The molecule has 0 spiro atoms. The fourth-order valence-corrected chi connectivity index (χ4v) is 7.59. The third-order valence-electron chi connectivity index (χ3n) is 9.70. The van der Waals surface area contributed by atoms with Gasteiger partial charge in [-0.25, -0.2) is 0 Å². The molecule has 0 aliphatic carbocycles. The number of furan rings is 2. The van der Waals surface area contributed by atoms with Gasteiger partial charge in [-0.3, -0.25) is 0 Å². The Hall–Kier alpha value is -6.38. The predicted octanol–water partition coefficient (Wildman–Crippen LogP) is 13.3. The molecule has 0 saturated carbocycles. The monoisotopic (exact) mass is 612 g/mol. The Morgan fingerprint density at radius 3 is 1.15 bits per heavy atom. The molecular formula is C46H28O2. The van der Waals surface area contributed by atoms with Crippen molar-refractivity contribution in [2.45, 2.75) is 0 Å². The summed E-state index contributed by atoms with van der Waals surface area (Å²) in [7, 11) is 0. The highest BCUT2D eigenvalue weighted by molar-refractivity contribution is 6.25. The van der Waals surface area contributed by atoms with Crippen molar-refractivity contribution in [2.75, 3.05) is 0 Å². The van der Waals surface area contributed by atoms with Gasteiger partial charge < -0.3 is 8.83 Å². The minimum atomic E-state index is 0.864. The zero-order chi connectivity index (χ0) is 31.6. The van der Waals surface area contributed by atoms with Crippen LogP contribution in [0.4, 0.5) is 0 Å². The SMILES string of the molecule is c1ccc(-c2c(-c3cccc4ccccc34)oc3ccc4c(ccc5oc(-c6cccc7ccccc67)c(-c6ccccc6)c54)c23)cc1. The Morgan fingerprint density at radius 1 is 0.292 bits per heavy atom. The van der Waals surface area contributed by atoms with Crippen molar-refractivity contribution in [1.29, 1.82) is 0 Å². The second-order valence-electron chi connectivity index (χ2n) is 12.4. The van der Waals surface area contributed by atoms with Crippen LogP contribution in [0.5, 0.6) is 0 Å². The van der Waals surface area contributed by atoms with Crippen LogP contribution in [0, 0.1) is 0 Å². The third kappa shape index (κ3) is 4.00. The van der Waals surface area contributed by atoms with Crippen molar-refractivity contribution in [3.8, 4) is 44.9 Å². The molecular weight excluding hydrogens is 585 g/mol. The molecule has 0 fully saturated rings. The molecule has 2 heteroatoms. The molecule has 0 aliphatic rings. The number of benzene rings is 8. The number of rotatable bonds is 4. The van der Waals surface area contributed by atoms with Crippen molar-refractivity contribution in [3.05, 3.63) is 170 Å². The lowest BCUT2D eigenvalue weighted by Gasteiger charge is -2.09. The van der Waals surface area contributed by atoms with Gasteiger partial charge in [0.15, 0.2) is 0 Å². The van der Waals surface area contributed by atoms with Gasteiger partial charge in [-0.15, -0.1) is 0 Å². The maximum absolute atomic E-state index is 6.88. The summed E-state index contributed by atoms with van der Waals surface area (Å²) in [6.45, 7) is 0. The third-order valence-corrected chi connectivity index (χ3v) is 9.70. The lowest BCUT2D eigenvalue weighted by molar-refractivity contribution is 0.632. The summed E-state index contributed by atoms with van der Waals surface area (Å²) in [6, 6.07) is 59.9. The van der Waals surface area contributed by atoms with E-state index in [0.29, 0.717) is 0 Å². The zero-order valence-electron chi connectivity index (χ0n) is 26.0. The van der Waals surface area contributed by atoms with Gasteiger partial charge in [0.25, 0.3) is 0 Å².